The van der Waals surface area contributed by atoms with Crippen molar-refractivity contribution >= 4 is 6.09 Å². The summed E-state index contributed by atoms with van der Waals surface area (Å²) in [4.78, 5) is 12.0. The second kappa shape index (κ2) is 2.34. The number of nitrogens with zero attached hydrogens (tertiary/aromatic N) is 1. The zero-order valence-corrected chi connectivity index (χ0v) is 6.56. The molecule has 0 aromatic heterocycles. The minimum Gasteiger partial charge on any atom is -0.465 e. The molecule has 0 saturated carbocycles. The molecular formula is C7H11NO4. The van der Waals surface area contributed by atoms with E-state index in [2.05, 4.69) is 0 Å². The lowest BCUT2D eigenvalue weighted by atomic mass is 10.0. The van der Waals surface area contributed by atoms with Crippen LogP contribution in [0.4, 0.5) is 4.79 Å². The summed E-state index contributed by atoms with van der Waals surface area (Å²) in [6, 6.07) is 0. The van der Waals surface area contributed by atoms with Crippen molar-refractivity contribution in [3.63, 3.8) is 0 Å². The molecule has 2 saturated heterocycles. The van der Waals surface area contributed by atoms with Gasteiger partial charge in [0.25, 0.3) is 0 Å². The van der Waals surface area contributed by atoms with E-state index < -0.39 is 11.6 Å². The molecule has 2 aliphatic heterocycles. The van der Waals surface area contributed by atoms with Gasteiger partial charge in [-0.1, -0.05) is 0 Å². The highest BCUT2D eigenvalue weighted by atomic mass is 16.5. The van der Waals surface area contributed by atoms with Gasteiger partial charge in [-0.3, -0.25) is 4.90 Å². The molecule has 0 aromatic rings. The molecule has 2 fully saturated rings. The minimum atomic E-state index is -0.963. The van der Waals surface area contributed by atoms with Crippen molar-refractivity contribution in [2.24, 2.45) is 0 Å². The fourth-order valence-corrected chi connectivity index (χ4v) is 1.99. The number of carbonyl (C=O) groups is 1. The Morgan fingerprint density at radius 1 is 1.75 bits per heavy atom. The Hall–Kier alpha value is -0.810. The maximum atomic E-state index is 10.7. The van der Waals surface area contributed by atoms with Crippen molar-refractivity contribution in [2.45, 2.75) is 18.1 Å². The lowest BCUT2D eigenvalue weighted by molar-refractivity contribution is -0.0217. The number of rotatable bonds is 1. The van der Waals surface area contributed by atoms with Gasteiger partial charge < -0.3 is 14.9 Å². The average Bonchev–Trinajstić information content (AvgIpc) is 2.60. The van der Waals surface area contributed by atoms with Crippen LogP contribution < -0.4 is 0 Å². The highest BCUT2D eigenvalue weighted by molar-refractivity contribution is 5.67. The van der Waals surface area contributed by atoms with Crippen LogP contribution in [0.25, 0.3) is 0 Å². The topological polar surface area (TPSA) is 70.0 Å². The van der Waals surface area contributed by atoms with E-state index >= 15 is 0 Å². The van der Waals surface area contributed by atoms with Gasteiger partial charge in [-0.25, -0.2) is 4.79 Å². The Balaban J connectivity index is 2.22. The average molecular weight is 173 g/mol. The van der Waals surface area contributed by atoms with Gasteiger partial charge in [0.1, 0.15) is 0 Å². The van der Waals surface area contributed by atoms with Gasteiger partial charge in [-0.15, -0.1) is 0 Å². The molecule has 12 heavy (non-hydrogen) atoms. The van der Waals surface area contributed by atoms with Crippen LogP contribution in [0, 0.1) is 0 Å². The first-order valence-corrected chi connectivity index (χ1v) is 3.91. The lowest BCUT2D eigenvalue weighted by Crippen LogP contribution is -2.53. The summed E-state index contributed by atoms with van der Waals surface area (Å²) in [7, 11) is 0. The zero-order chi connectivity index (χ0) is 8.77. The van der Waals surface area contributed by atoms with Crippen molar-refractivity contribution in [1.29, 1.82) is 0 Å². The zero-order valence-electron chi connectivity index (χ0n) is 6.56. The summed E-state index contributed by atoms with van der Waals surface area (Å²) in [6.07, 6.45) is -0.335. The number of amides is 1. The van der Waals surface area contributed by atoms with Crippen LogP contribution in [-0.2, 0) is 4.74 Å². The van der Waals surface area contributed by atoms with E-state index in [1.54, 1.807) is 0 Å². The molecule has 68 valence electrons. The van der Waals surface area contributed by atoms with Gasteiger partial charge in [0.05, 0.1) is 31.4 Å². The number of morpholine rings is 1. The predicted molar refractivity (Wildman–Crippen MR) is 38.9 cm³/mol. The fourth-order valence-electron chi connectivity index (χ4n) is 1.99. The van der Waals surface area contributed by atoms with E-state index in [0.717, 1.165) is 0 Å². The van der Waals surface area contributed by atoms with Gasteiger partial charge in [0, 0.05) is 6.42 Å². The number of ether oxygens (including phenoxy) is 1. The van der Waals surface area contributed by atoms with Gasteiger partial charge in [0.15, 0.2) is 0 Å². The summed E-state index contributed by atoms with van der Waals surface area (Å²) in [6.45, 7) is 0.589. The Labute approximate surface area is 69.5 Å². The molecule has 1 amide bonds. The molecule has 0 aromatic carbocycles. The van der Waals surface area contributed by atoms with Gasteiger partial charge in [0.2, 0.25) is 0 Å². The SMILES string of the molecule is O=C(O)N1C[C@H]2C[C@]1(CO)CO2. The van der Waals surface area contributed by atoms with Crippen LogP contribution in [0.15, 0.2) is 0 Å². The third-order valence-electron chi connectivity index (χ3n) is 2.68. The second-order valence-corrected chi connectivity index (χ2v) is 3.41. The molecule has 2 rings (SSSR count). The first-order chi connectivity index (χ1) is 5.68. The number of hydrogen-bond donors (Lipinski definition) is 2. The molecule has 0 aliphatic carbocycles. The largest absolute Gasteiger partial charge is 0.465 e. The second-order valence-electron chi connectivity index (χ2n) is 3.41. The Morgan fingerprint density at radius 2 is 2.50 bits per heavy atom. The van der Waals surface area contributed by atoms with Crippen LogP contribution in [0.1, 0.15) is 6.42 Å². The van der Waals surface area contributed by atoms with E-state index in [9.17, 15) is 4.79 Å². The normalized spacial score (nSPS) is 39.1. The molecule has 2 aliphatic rings. The first kappa shape index (κ1) is 7.82. The Morgan fingerprint density at radius 3 is 2.92 bits per heavy atom. The van der Waals surface area contributed by atoms with E-state index in [1.165, 1.54) is 4.90 Å². The molecule has 0 spiro atoms. The molecule has 2 bridgehead atoms. The molecule has 0 unspecified atom stereocenters. The quantitative estimate of drug-likeness (QED) is 0.560. The highest BCUT2D eigenvalue weighted by Crippen LogP contribution is 2.37. The van der Waals surface area contributed by atoms with Crippen molar-refractivity contribution in [1.82, 2.24) is 4.90 Å². The summed E-state index contributed by atoms with van der Waals surface area (Å²) < 4.78 is 5.26. The van der Waals surface area contributed by atoms with E-state index in [0.29, 0.717) is 19.6 Å². The standard InChI is InChI=1S/C7H11NO4/c9-3-7-1-5(12-4-7)2-8(7)6(10)11/h5,9H,1-4H2,(H,10,11)/t5-,7+/m1/s1. The van der Waals surface area contributed by atoms with Crippen molar-refractivity contribution < 1.29 is 19.7 Å². The van der Waals surface area contributed by atoms with Crippen molar-refractivity contribution in [2.75, 3.05) is 19.8 Å². The Kier molecular flexibility index (Phi) is 1.52. The Bertz CT molecular complexity index is 219. The monoisotopic (exact) mass is 173 g/mol. The smallest absolute Gasteiger partial charge is 0.408 e. The van der Waals surface area contributed by atoms with Crippen molar-refractivity contribution in [3.8, 4) is 0 Å². The van der Waals surface area contributed by atoms with E-state index in [4.69, 9.17) is 14.9 Å². The summed E-state index contributed by atoms with van der Waals surface area (Å²) >= 11 is 0. The third kappa shape index (κ3) is 0.834. The van der Waals surface area contributed by atoms with Crippen LogP contribution in [0.5, 0.6) is 0 Å². The number of hydrogen-bond acceptors (Lipinski definition) is 3. The van der Waals surface area contributed by atoms with Crippen LogP contribution in [0.3, 0.4) is 0 Å². The number of fused-ring (bicyclic) bond motifs is 2. The van der Waals surface area contributed by atoms with Gasteiger partial charge in [-0.2, -0.15) is 0 Å². The highest BCUT2D eigenvalue weighted by Gasteiger charge is 2.53. The van der Waals surface area contributed by atoms with Gasteiger partial charge >= 0.3 is 6.09 Å². The minimum absolute atomic E-state index is 0.00625. The fraction of sp³-hybridized carbons (Fsp3) is 0.857. The van der Waals surface area contributed by atoms with Crippen molar-refractivity contribution in [3.05, 3.63) is 0 Å². The predicted octanol–water partition coefficient (Wildman–Crippen LogP) is -0.500. The maximum Gasteiger partial charge on any atom is 0.408 e. The molecule has 2 heterocycles. The molecule has 2 N–H and O–H groups in total. The summed E-state index contributed by atoms with van der Waals surface area (Å²) in [5, 5.41) is 17.9. The summed E-state index contributed by atoms with van der Waals surface area (Å²) in [5.74, 6) is 0. The molecule has 2 atom stereocenters. The number of likely N-dealkylation sites (tertiary alicyclic amines) is 1. The molecule has 5 heteroatoms. The van der Waals surface area contributed by atoms with Crippen LogP contribution in [-0.4, -0.2) is 52.6 Å². The molecular weight excluding hydrogens is 162 g/mol. The van der Waals surface area contributed by atoms with E-state index in [-0.39, 0.29) is 12.7 Å². The number of carboxylic acid groups (broad SMARTS) is 1. The first-order valence-electron chi connectivity index (χ1n) is 3.91. The molecule has 5 nitrogen and oxygen atoms in total. The van der Waals surface area contributed by atoms with Crippen LogP contribution in [0.2, 0.25) is 0 Å². The third-order valence-corrected chi connectivity index (χ3v) is 2.68. The van der Waals surface area contributed by atoms with Crippen LogP contribution >= 0.6 is 0 Å². The molecule has 0 radical (unpaired) electrons. The van der Waals surface area contributed by atoms with E-state index in [1.807, 2.05) is 0 Å². The van der Waals surface area contributed by atoms with Gasteiger partial charge in [-0.05, 0) is 0 Å². The number of aliphatic hydroxyl groups excluding tert-OH is 1. The summed E-state index contributed by atoms with van der Waals surface area (Å²) in [5.41, 5.74) is -0.642. The lowest BCUT2D eigenvalue weighted by Gasteiger charge is -2.34. The number of aliphatic hydroxyl groups is 1. The maximum absolute atomic E-state index is 10.7.